The van der Waals surface area contributed by atoms with Crippen molar-refractivity contribution in [3.05, 3.63) is 24.0 Å². The summed E-state index contributed by atoms with van der Waals surface area (Å²) in [6, 6.07) is 6.24. The molecule has 0 aliphatic carbocycles. The van der Waals surface area contributed by atoms with Gasteiger partial charge >= 0.3 is 0 Å². The van der Waals surface area contributed by atoms with Crippen LogP contribution in [0.15, 0.2) is 23.2 Å². The van der Waals surface area contributed by atoms with Gasteiger partial charge in [0.25, 0.3) is 0 Å². The molecule has 1 atom stereocenters. The molecule has 0 saturated carbocycles. The van der Waals surface area contributed by atoms with Gasteiger partial charge in [-0.05, 0) is 41.6 Å². The van der Waals surface area contributed by atoms with Crippen molar-refractivity contribution in [2.24, 2.45) is 10.9 Å². The molecule has 0 aliphatic rings. The van der Waals surface area contributed by atoms with Gasteiger partial charge < -0.3 is 10.1 Å². The quantitative estimate of drug-likeness (QED) is 0.661. The van der Waals surface area contributed by atoms with Crippen LogP contribution in [-0.2, 0) is 0 Å². The standard InChI is InChI=1S/C12H11FIN3O/c1-7(16)9(6-15)12(14)17-11-4-3-8(18-2)5-10(11)13/h3-5,9,16H,1-2H3. The molecule has 1 aromatic rings. The number of halogens is 2. The number of hydrogen-bond donors (Lipinski definition) is 1. The SMILES string of the molecule is COc1ccc(N=C(I)C(C#N)C(C)=N)c(F)c1. The molecule has 1 unspecified atom stereocenters. The topological polar surface area (TPSA) is 69.2 Å². The van der Waals surface area contributed by atoms with Crippen LogP contribution < -0.4 is 4.74 Å². The number of nitrogens with zero attached hydrogens (tertiary/aromatic N) is 2. The Morgan fingerprint density at radius 2 is 2.28 bits per heavy atom. The van der Waals surface area contributed by atoms with Crippen LogP contribution in [0.4, 0.5) is 10.1 Å². The Balaban J connectivity index is 3.09. The Labute approximate surface area is 118 Å². The second-order valence-corrected chi connectivity index (χ2v) is 4.60. The van der Waals surface area contributed by atoms with Gasteiger partial charge in [-0.1, -0.05) is 0 Å². The fourth-order valence-electron chi connectivity index (χ4n) is 1.21. The number of ether oxygens (including phenoxy) is 1. The van der Waals surface area contributed by atoms with Crippen LogP contribution >= 0.6 is 22.6 Å². The Morgan fingerprint density at radius 3 is 2.72 bits per heavy atom. The van der Waals surface area contributed by atoms with E-state index in [0.29, 0.717) is 9.47 Å². The molecule has 0 aromatic heterocycles. The van der Waals surface area contributed by atoms with E-state index >= 15 is 0 Å². The highest BCUT2D eigenvalue weighted by molar-refractivity contribution is 14.1. The van der Waals surface area contributed by atoms with Gasteiger partial charge in [0.15, 0.2) is 5.82 Å². The number of hydrogen-bond acceptors (Lipinski definition) is 4. The van der Waals surface area contributed by atoms with Gasteiger partial charge in [-0.3, -0.25) is 0 Å². The minimum absolute atomic E-state index is 0.127. The van der Waals surface area contributed by atoms with Gasteiger partial charge in [0.1, 0.15) is 15.4 Å². The summed E-state index contributed by atoms with van der Waals surface area (Å²) < 4.78 is 18.9. The van der Waals surface area contributed by atoms with Gasteiger partial charge in [0.05, 0.1) is 18.9 Å². The van der Waals surface area contributed by atoms with Gasteiger partial charge in [-0.25, -0.2) is 9.38 Å². The molecule has 1 rings (SSSR count). The van der Waals surface area contributed by atoms with E-state index in [1.807, 2.05) is 28.7 Å². The lowest BCUT2D eigenvalue weighted by molar-refractivity contribution is 0.411. The lowest BCUT2D eigenvalue weighted by Crippen LogP contribution is -2.14. The Morgan fingerprint density at radius 1 is 1.61 bits per heavy atom. The van der Waals surface area contributed by atoms with E-state index < -0.39 is 11.7 Å². The fourth-order valence-corrected chi connectivity index (χ4v) is 2.08. The highest BCUT2D eigenvalue weighted by Gasteiger charge is 2.16. The van der Waals surface area contributed by atoms with E-state index in [2.05, 4.69) is 4.99 Å². The van der Waals surface area contributed by atoms with Crippen molar-refractivity contribution in [1.29, 1.82) is 10.7 Å². The first-order valence-corrected chi connectivity index (χ1v) is 6.09. The second-order valence-electron chi connectivity index (χ2n) is 3.50. The van der Waals surface area contributed by atoms with Crippen LogP contribution in [0.25, 0.3) is 0 Å². The molecule has 94 valence electrons. The number of methoxy groups -OCH3 is 1. The fraction of sp³-hybridized carbons (Fsp3) is 0.250. The molecule has 0 spiro atoms. The maximum atomic E-state index is 13.6. The predicted molar refractivity (Wildman–Crippen MR) is 76.6 cm³/mol. The van der Waals surface area contributed by atoms with Crippen LogP contribution in [0.5, 0.6) is 5.75 Å². The molecule has 0 radical (unpaired) electrons. The second kappa shape index (κ2) is 6.44. The lowest BCUT2D eigenvalue weighted by Gasteiger charge is -2.06. The third-order valence-corrected chi connectivity index (χ3v) is 3.05. The van der Waals surface area contributed by atoms with Crippen molar-refractivity contribution >= 4 is 37.7 Å². The Bertz CT molecular complexity index is 537. The molecule has 6 heteroatoms. The smallest absolute Gasteiger partial charge is 0.152 e. The zero-order chi connectivity index (χ0) is 13.7. The first kappa shape index (κ1) is 14.6. The van der Waals surface area contributed by atoms with E-state index in [-0.39, 0.29) is 11.4 Å². The molecular weight excluding hydrogens is 348 g/mol. The molecule has 0 heterocycles. The molecule has 0 amide bonds. The van der Waals surface area contributed by atoms with E-state index in [0.717, 1.165) is 0 Å². The van der Waals surface area contributed by atoms with Crippen LogP contribution in [0, 0.1) is 28.5 Å². The maximum Gasteiger partial charge on any atom is 0.152 e. The molecule has 0 bridgehead atoms. The van der Waals surface area contributed by atoms with Crippen LogP contribution in [-0.4, -0.2) is 16.5 Å². The Kier molecular flexibility index (Phi) is 5.22. The summed E-state index contributed by atoms with van der Waals surface area (Å²) in [7, 11) is 1.45. The third-order valence-electron chi connectivity index (χ3n) is 2.18. The highest BCUT2D eigenvalue weighted by atomic mass is 127. The summed E-state index contributed by atoms with van der Waals surface area (Å²) in [6.45, 7) is 1.52. The lowest BCUT2D eigenvalue weighted by atomic mass is 10.1. The first-order valence-electron chi connectivity index (χ1n) is 5.02. The summed E-state index contributed by atoms with van der Waals surface area (Å²) in [5.74, 6) is -0.850. The molecule has 1 aromatic carbocycles. The minimum Gasteiger partial charge on any atom is -0.497 e. The van der Waals surface area contributed by atoms with Gasteiger partial charge in [0.2, 0.25) is 0 Å². The van der Waals surface area contributed by atoms with Crippen LogP contribution in [0.1, 0.15) is 6.92 Å². The molecular formula is C12H11FIN3O. The largest absolute Gasteiger partial charge is 0.497 e. The van der Waals surface area contributed by atoms with Crippen molar-refractivity contribution in [2.45, 2.75) is 6.92 Å². The summed E-state index contributed by atoms with van der Waals surface area (Å²) in [5, 5.41) is 16.3. The molecule has 1 N–H and O–H groups in total. The summed E-state index contributed by atoms with van der Waals surface area (Å²) in [4.78, 5) is 4.04. The van der Waals surface area contributed by atoms with Crippen molar-refractivity contribution < 1.29 is 9.13 Å². The molecule has 0 saturated heterocycles. The van der Waals surface area contributed by atoms with Crippen LogP contribution in [0.2, 0.25) is 0 Å². The number of aliphatic imine (C=N–C) groups is 1. The average Bonchev–Trinajstić information content (AvgIpc) is 2.32. The van der Waals surface area contributed by atoms with E-state index in [1.165, 1.54) is 26.2 Å². The van der Waals surface area contributed by atoms with Crippen molar-refractivity contribution in [1.82, 2.24) is 0 Å². The minimum atomic E-state index is -0.730. The molecule has 18 heavy (non-hydrogen) atoms. The van der Waals surface area contributed by atoms with E-state index in [9.17, 15) is 4.39 Å². The van der Waals surface area contributed by atoms with Crippen molar-refractivity contribution in [2.75, 3.05) is 7.11 Å². The summed E-state index contributed by atoms with van der Waals surface area (Å²) in [5.41, 5.74) is 0.307. The van der Waals surface area contributed by atoms with E-state index in [4.69, 9.17) is 15.4 Å². The molecule has 0 fully saturated rings. The first-order chi connectivity index (χ1) is 8.49. The molecule has 0 aliphatic heterocycles. The highest BCUT2D eigenvalue weighted by Crippen LogP contribution is 2.25. The van der Waals surface area contributed by atoms with E-state index in [1.54, 1.807) is 6.07 Å². The normalized spacial score (nSPS) is 12.7. The van der Waals surface area contributed by atoms with Crippen LogP contribution in [0.3, 0.4) is 0 Å². The van der Waals surface area contributed by atoms with Gasteiger partial charge in [-0.2, -0.15) is 5.26 Å². The monoisotopic (exact) mass is 359 g/mol. The zero-order valence-corrected chi connectivity index (χ0v) is 12.0. The average molecular weight is 359 g/mol. The number of nitriles is 1. The number of rotatable bonds is 4. The third kappa shape index (κ3) is 3.50. The predicted octanol–water partition coefficient (Wildman–Crippen LogP) is 3.48. The summed E-state index contributed by atoms with van der Waals surface area (Å²) >= 11 is 1.85. The Hall–Kier alpha value is -1.49. The zero-order valence-electron chi connectivity index (χ0n) is 9.87. The summed E-state index contributed by atoms with van der Waals surface area (Å²) in [6.07, 6.45) is 0. The van der Waals surface area contributed by atoms with Crippen molar-refractivity contribution in [3.8, 4) is 11.8 Å². The molecule has 4 nitrogen and oxygen atoms in total. The van der Waals surface area contributed by atoms with Crippen molar-refractivity contribution in [3.63, 3.8) is 0 Å². The maximum absolute atomic E-state index is 13.6. The van der Waals surface area contributed by atoms with Gasteiger partial charge in [0, 0.05) is 11.8 Å². The van der Waals surface area contributed by atoms with Gasteiger partial charge in [-0.15, -0.1) is 0 Å². The number of benzene rings is 1. The number of nitrogens with one attached hydrogen (secondary N) is 1.